The summed E-state index contributed by atoms with van der Waals surface area (Å²) in [5.74, 6) is -1.20. The van der Waals surface area contributed by atoms with Gasteiger partial charge in [-0.3, -0.25) is 9.78 Å². The lowest BCUT2D eigenvalue weighted by Crippen LogP contribution is -2.17. The number of nitrogens with zero attached hydrogens (tertiary/aromatic N) is 2. The topological polar surface area (TPSA) is 72.2 Å². The van der Waals surface area contributed by atoms with Crippen LogP contribution in [0.3, 0.4) is 0 Å². The van der Waals surface area contributed by atoms with Crippen LogP contribution in [0.4, 0.5) is 0 Å². The Balaban J connectivity index is 2.13. The Morgan fingerprint density at radius 1 is 1.39 bits per heavy atom. The molecule has 2 rings (SSSR count). The molecule has 0 spiro atoms. The standard InChI is InChI=1S/C13H12N2O3/c16-12-4-7-15(9-11(12)13(17)18)6-3-10-2-1-5-14-8-10/h1-2,4-5,7-9H,3,6H2,(H,17,18). The van der Waals surface area contributed by atoms with E-state index in [0.717, 1.165) is 12.0 Å². The first-order valence-corrected chi connectivity index (χ1v) is 5.49. The van der Waals surface area contributed by atoms with Gasteiger partial charge in [0.25, 0.3) is 0 Å². The zero-order valence-corrected chi connectivity index (χ0v) is 9.61. The molecule has 0 saturated carbocycles. The Kier molecular flexibility index (Phi) is 3.52. The Morgan fingerprint density at radius 3 is 2.89 bits per heavy atom. The van der Waals surface area contributed by atoms with E-state index in [1.54, 1.807) is 23.2 Å². The fourth-order valence-electron chi connectivity index (χ4n) is 1.63. The number of aryl methyl sites for hydroxylation is 2. The molecule has 0 unspecified atom stereocenters. The molecule has 5 heteroatoms. The maximum absolute atomic E-state index is 11.3. The van der Waals surface area contributed by atoms with Crippen LogP contribution in [0.15, 0.2) is 47.8 Å². The van der Waals surface area contributed by atoms with Crippen LogP contribution in [0, 0.1) is 0 Å². The van der Waals surface area contributed by atoms with E-state index in [4.69, 9.17) is 5.11 Å². The van der Waals surface area contributed by atoms with E-state index in [2.05, 4.69) is 4.98 Å². The summed E-state index contributed by atoms with van der Waals surface area (Å²) in [4.78, 5) is 26.1. The maximum atomic E-state index is 11.3. The van der Waals surface area contributed by atoms with Crippen LogP contribution in [0.2, 0.25) is 0 Å². The first kappa shape index (κ1) is 12.0. The Bertz CT molecular complexity index is 605. The highest BCUT2D eigenvalue weighted by molar-refractivity contribution is 5.86. The van der Waals surface area contributed by atoms with Crippen LogP contribution in [0.5, 0.6) is 0 Å². The molecule has 0 aromatic carbocycles. The van der Waals surface area contributed by atoms with Crippen LogP contribution < -0.4 is 5.43 Å². The quantitative estimate of drug-likeness (QED) is 0.876. The molecule has 0 aliphatic heterocycles. The predicted molar refractivity (Wildman–Crippen MR) is 65.6 cm³/mol. The summed E-state index contributed by atoms with van der Waals surface area (Å²) < 4.78 is 1.69. The fourth-order valence-corrected chi connectivity index (χ4v) is 1.63. The number of carboxylic acids is 1. The molecule has 0 radical (unpaired) electrons. The summed E-state index contributed by atoms with van der Waals surface area (Å²) in [5, 5.41) is 8.85. The van der Waals surface area contributed by atoms with Crippen LogP contribution >= 0.6 is 0 Å². The van der Waals surface area contributed by atoms with Crippen molar-refractivity contribution >= 4 is 5.97 Å². The predicted octanol–water partition coefficient (Wildman–Crippen LogP) is 1.18. The summed E-state index contributed by atoms with van der Waals surface area (Å²) in [7, 11) is 0. The maximum Gasteiger partial charge on any atom is 0.341 e. The molecule has 2 heterocycles. The van der Waals surface area contributed by atoms with E-state index < -0.39 is 11.4 Å². The minimum Gasteiger partial charge on any atom is -0.477 e. The summed E-state index contributed by atoms with van der Waals surface area (Å²) in [5.41, 5.74) is 0.386. The van der Waals surface area contributed by atoms with Gasteiger partial charge < -0.3 is 9.67 Å². The van der Waals surface area contributed by atoms with Crippen LogP contribution in [-0.4, -0.2) is 20.6 Å². The van der Waals surface area contributed by atoms with Gasteiger partial charge in [-0.2, -0.15) is 0 Å². The monoisotopic (exact) mass is 244 g/mol. The molecule has 92 valence electrons. The zero-order valence-electron chi connectivity index (χ0n) is 9.61. The minimum absolute atomic E-state index is 0.205. The molecule has 0 amide bonds. The van der Waals surface area contributed by atoms with E-state index in [1.807, 2.05) is 12.1 Å². The highest BCUT2D eigenvalue weighted by Crippen LogP contribution is 2.00. The Labute approximate surface area is 103 Å². The van der Waals surface area contributed by atoms with Gasteiger partial charge in [-0.25, -0.2) is 4.79 Å². The molecule has 0 bridgehead atoms. The highest BCUT2D eigenvalue weighted by Gasteiger charge is 2.07. The van der Waals surface area contributed by atoms with Gasteiger partial charge in [-0.1, -0.05) is 6.07 Å². The molecule has 0 aliphatic rings. The largest absolute Gasteiger partial charge is 0.477 e. The third-order valence-electron chi connectivity index (χ3n) is 2.59. The first-order chi connectivity index (χ1) is 8.66. The van der Waals surface area contributed by atoms with Crippen molar-refractivity contribution in [3.63, 3.8) is 0 Å². The van der Waals surface area contributed by atoms with Gasteiger partial charge in [0.05, 0.1) is 0 Å². The third kappa shape index (κ3) is 2.82. The van der Waals surface area contributed by atoms with Crippen molar-refractivity contribution < 1.29 is 9.90 Å². The SMILES string of the molecule is O=C(O)c1cn(CCc2cccnc2)ccc1=O. The molecule has 18 heavy (non-hydrogen) atoms. The second-order valence-corrected chi connectivity index (χ2v) is 3.88. The van der Waals surface area contributed by atoms with Crippen molar-refractivity contribution in [3.8, 4) is 0 Å². The first-order valence-electron chi connectivity index (χ1n) is 5.49. The number of pyridine rings is 2. The normalized spacial score (nSPS) is 10.2. The number of aromatic nitrogens is 2. The lowest BCUT2D eigenvalue weighted by atomic mass is 10.2. The van der Waals surface area contributed by atoms with Gasteiger partial charge in [0.1, 0.15) is 5.56 Å². The molecule has 0 fully saturated rings. The van der Waals surface area contributed by atoms with Crippen molar-refractivity contribution in [1.29, 1.82) is 0 Å². The molecule has 1 N–H and O–H groups in total. The molecule has 0 aliphatic carbocycles. The van der Waals surface area contributed by atoms with E-state index in [9.17, 15) is 9.59 Å². The van der Waals surface area contributed by atoms with Crippen LogP contribution in [0.1, 0.15) is 15.9 Å². The molecule has 5 nitrogen and oxygen atoms in total. The average molecular weight is 244 g/mol. The zero-order chi connectivity index (χ0) is 13.0. The second kappa shape index (κ2) is 5.27. The number of aromatic carboxylic acids is 1. The molecular weight excluding hydrogens is 232 g/mol. The van der Waals surface area contributed by atoms with Crippen molar-refractivity contribution in [2.45, 2.75) is 13.0 Å². The summed E-state index contributed by atoms with van der Waals surface area (Å²) >= 11 is 0. The number of rotatable bonds is 4. The second-order valence-electron chi connectivity index (χ2n) is 3.88. The summed E-state index contributed by atoms with van der Waals surface area (Å²) in [6, 6.07) is 5.07. The third-order valence-corrected chi connectivity index (χ3v) is 2.59. The Morgan fingerprint density at radius 2 is 2.22 bits per heavy atom. The number of hydrogen-bond acceptors (Lipinski definition) is 3. The fraction of sp³-hybridized carbons (Fsp3) is 0.154. The smallest absolute Gasteiger partial charge is 0.341 e. The highest BCUT2D eigenvalue weighted by atomic mass is 16.4. The van der Waals surface area contributed by atoms with E-state index in [0.29, 0.717) is 6.54 Å². The molecular formula is C13H12N2O3. The van der Waals surface area contributed by atoms with Crippen molar-refractivity contribution in [2.24, 2.45) is 0 Å². The van der Waals surface area contributed by atoms with Gasteiger partial charge in [0, 0.05) is 37.4 Å². The van der Waals surface area contributed by atoms with Gasteiger partial charge in [0.15, 0.2) is 5.43 Å². The van der Waals surface area contributed by atoms with E-state index in [1.165, 1.54) is 12.3 Å². The number of hydrogen-bond donors (Lipinski definition) is 1. The molecule has 2 aromatic heterocycles. The number of carboxylic acid groups (broad SMARTS) is 1. The number of carbonyl (C=O) groups is 1. The summed E-state index contributed by atoms with van der Waals surface area (Å²) in [6.07, 6.45) is 7.15. The van der Waals surface area contributed by atoms with Gasteiger partial charge in [0.2, 0.25) is 0 Å². The van der Waals surface area contributed by atoms with Crippen molar-refractivity contribution in [2.75, 3.05) is 0 Å². The van der Waals surface area contributed by atoms with Crippen LogP contribution in [-0.2, 0) is 13.0 Å². The van der Waals surface area contributed by atoms with Gasteiger partial charge in [-0.15, -0.1) is 0 Å². The molecule has 0 atom stereocenters. The van der Waals surface area contributed by atoms with Crippen molar-refractivity contribution in [3.05, 3.63) is 64.3 Å². The lowest BCUT2D eigenvalue weighted by molar-refractivity contribution is 0.0694. The lowest BCUT2D eigenvalue weighted by Gasteiger charge is -2.06. The molecule has 2 aromatic rings. The Hall–Kier alpha value is -2.43. The van der Waals surface area contributed by atoms with Gasteiger partial charge >= 0.3 is 5.97 Å². The van der Waals surface area contributed by atoms with E-state index >= 15 is 0 Å². The molecule has 0 saturated heterocycles. The van der Waals surface area contributed by atoms with Crippen LogP contribution in [0.25, 0.3) is 0 Å². The average Bonchev–Trinajstić information content (AvgIpc) is 2.38. The van der Waals surface area contributed by atoms with Crippen molar-refractivity contribution in [1.82, 2.24) is 9.55 Å². The minimum atomic E-state index is -1.20. The van der Waals surface area contributed by atoms with Gasteiger partial charge in [-0.05, 0) is 18.1 Å². The summed E-state index contributed by atoms with van der Waals surface area (Å²) in [6.45, 7) is 0.603. The van der Waals surface area contributed by atoms with E-state index in [-0.39, 0.29) is 5.56 Å².